The summed E-state index contributed by atoms with van der Waals surface area (Å²) in [6.45, 7) is 1.86. The lowest BCUT2D eigenvalue weighted by Crippen LogP contribution is -2.27. The molecule has 2 rings (SSSR count). The van der Waals surface area contributed by atoms with E-state index in [0.717, 1.165) is 5.56 Å². The highest BCUT2D eigenvalue weighted by molar-refractivity contribution is 6.00. The Labute approximate surface area is 122 Å². The number of hydrogen-bond donors (Lipinski definition) is 0. The Hall–Kier alpha value is -2.55. The van der Waals surface area contributed by atoms with Crippen LogP contribution >= 0.6 is 0 Å². The molecular weight excluding hydrogens is 272 g/mol. The van der Waals surface area contributed by atoms with E-state index in [1.807, 2.05) is 19.1 Å². The van der Waals surface area contributed by atoms with Gasteiger partial charge in [0.1, 0.15) is 11.8 Å². The summed E-state index contributed by atoms with van der Waals surface area (Å²) in [7, 11) is 1.54. The molecule has 1 heterocycles. The quantitative estimate of drug-likeness (QED) is 0.783. The summed E-state index contributed by atoms with van der Waals surface area (Å²) in [6, 6.07) is 7.27. The van der Waals surface area contributed by atoms with Crippen LogP contribution < -0.4 is 9.64 Å². The van der Waals surface area contributed by atoms with E-state index in [9.17, 15) is 9.59 Å². The van der Waals surface area contributed by atoms with Gasteiger partial charge in [0, 0.05) is 13.0 Å². The van der Waals surface area contributed by atoms with Gasteiger partial charge in [-0.05, 0) is 24.6 Å². The van der Waals surface area contributed by atoms with E-state index in [2.05, 4.69) is 0 Å². The minimum Gasteiger partial charge on any atom is -0.495 e. The highest BCUT2D eigenvalue weighted by Gasteiger charge is 2.37. The van der Waals surface area contributed by atoms with Gasteiger partial charge in [0.15, 0.2) is 6.61 Å². The summed E-state index contributed by atoms with van der Waals surface area (Å²) in [5.74, 6) is -0.632. The van der Waals surface area contributed by atoms with Gasteiger partial charge in [-0.3, -0.25) is 9.59 Å². The summed E-state index contributed by atoms with van der Waals surface area (Å²) in [6.07, 6.45) is 0.0847. The molecule has 0 aliphatic carbocycles. The highest BCUT2D eigenvalue weighted by Crippen LogP contribution is 2.34. The first kappa shape index (κ1) is 14.9. The van der Waals surface area contributed by atoms with Crippen molar-refractivity contribution in [2.24, 2.45) is 5.92 Å². The number of carbonyl (C=O) groups excluding carboxylic acids is 2. The number of ether oxygens (including phenoxy) is 2. The van der Waals surface area contributed by atoms with Crippen LogP contribution in [0.3, 0.4) is 0 Å². The molecule has 110 valence electrons. The third kappa shape index (κ3) is 3.14. The molecule has 21 heavy (non-hydrogen) atoms. The van der Waals surface area contributed by atoms with Crippen molar-refractivity contribution in [3.8, 4) is 11.8 Å². The molecule has 0 unspecified atom stereocenters. The van der Waals surface area contributed by atoms with E-state index >= 15 is 0 Å². The van der Waals surface area contributed by atoms with Crippen molar-refractivity contribution in [3.05, 3.63) is 23.8 Å². The van der Waals surface area contributed by atoms with Gasteiger partial charge in [0.2, 0.25) is 5.91 Å². The minimum absolute atomic E-state index is 0.0847. The summed E-state index contributed by atoms with van der Waals surface area (Å²) in [5, 5.41) is 8.42. The molecule has 6 nitrogen and oxygen atoms in total. The molecule has 6 heteroatoms. The van der Waals surface area contributed by atoms with Crippen LogP contribution in [0.5, 0.6) is 5.75 Å². The van der Waals surface area contributed by atoms with E-state index in [-0.39, 0.29) is 25.5 Å². The number of anilines is 1. The lowest BCUT2D eigenvalue weighted by Gasteiger charge is -2.20. The molecule has 0 bridgehead atoms. The van der Waals surface area contributed by atoms with Crippen molar-refractivity contribution in [3.63, 3.8) is 0 Å². The average Bonchev–Trinajstić information content (AvgIpc) is 2.86. The van der Waals surface area contributed by atoms with E-state index in [4.69, 9.17) is 14.7 Å². The van der Waals surface area contributed by atoms with Crippen LogP contribution in [0.25, 0.3) is 0 Å². The molecule has 0 saturated carbocycles. The topological polar surface area (TPSA) is 79.6 Å². The van der Waals surface area contributed by atoms with Crippen LogP contribution in [0.1, 0.15) is 12.0 Å². The fraction of sp³-hybridized carbons (Fsp3) is 0.400. The van der Waals surface area contributed by atoms with Gasteiger partial charge < -0.3 is 14.4 Å². The van der Waals surface area contributed by atoms with Crippen molar-refractivity contribution in [1.29, 1.82) is 5.26 Å². The number of rotatable bonds is 4. The number of carbonyl (C=O) groups is 2. The van der Waals surface area contributed by atoms with Crippen LogP contribution in [-0.2, 0) is 14.3 Å². The second kappa shape index (κ2) is 6.27. The van der Waals surface area contributed by atoms with Crippen LogP contribution in [0, 0.1) is 24.2 Å². The highest BCUT2D eigenvalue weighted by atomic mass is 16.5. The maximum atomic E-state index is 12.1. The first-order chi connectivity index (χ1) is 10.1. The number of nitrogens with zero attached hydrogens (tertiary/aromatic N) is 2. The second-order valence-corrected chi connectivity index (χ2v) is 4.85. The number of amides is 1. The lowest BCUT2D eigenvalue weighted by molar-refractivity contribution is -0.146. The van der Waals surface area contributed by atoms with E-state index in [1.54, 1.807) is 12.1 Å². The molecule has 1 atom stereocenters. The number of benzene rings is 1. The Morgan fingerprint density at radius 1 is 1.52 bits per heavy atom. The molecule has 1 saturated heterocycles. The third-order valence-electron chi connectivity index (χ3n) is 3.36. The Morgan fingerprint density at radius 2 is 2.29 bits per heavy atom. The largest absolute Gasteiger partial charge is 0.495 e. The molecule has 0 radical (unpaired) electrons. The molecule has 1 aliphatic rings. The predicted molar refractivity (Wildman–Crippen MR) is 74.8 cm³/mol. The number of nitriles is 1. The Morgan fingerprint density at radius 3 is 2.95 bits per heavy atom. The molecule has 0 aromatic heterocycles. The Balaban J connectivity index is 2.19. The Kier molecular flexibility index (Phi) is 4.43. The maximum Gasteiger partial charge on any atom is 0.312 e. The number of esters is 1. The number of methoxy groups -OCH3 is 1. The van der Waals surface area contributed by atoms with Crippen molar-refractivity contribution < 1.29 is 19.1 Å². The van der Waals surface area contributed by atoms with Gasteiger partial charge in [-0.2, -0.15) is 5.26 Å². The first-order valence-corrected chi connectivity index (χ1v) is 6.55. The first-order valence-electron chi connectivity index (χ1n) is 6.55. The van der Waals surface area contributed by atoms with Gasteiger partial charge in [-0.25, -0.2) is 0 Å². The normalized spacial score (nSPS) is 17.5. The zero-order chi connectivity index (χ0) is 15.4. The third-order valence-corrected chi connectivity index (χ3v) is 3.36. The average molecular weight is 288 g/mol. The van der Waals surface area contributed by atoms with E-state index in [0.29, 0.717) is 11.4 Å². The summed E-state index contributed by atoms with van der Waals surface area (Å²) < 4.78 is 10.0. The van der Waals surface area contributed by atoms with Crippen molar-refractivity contribution in [2.45, 2.75) is 13.3 Å². The Bertz CT molecular complexity index is 606. The predicted octanol–water partition coefficient (Wildman–Crippen LogP) is 1.42. The van der Waals surface area contributed by atoms with Crippen LogP contribution in [0.2, 0.25) is 0 Å². The molecule has 1 aliphatic heterocycles. The maximum absolute atomic E-state index is 12.1. The zero-order valence-corrected chi connectivity index (χ0v) is 12.0. The van der Waals surface area contributed by atoms with Gasteiger partial charge in [0.25, 0.3) is 0 Å². The molecule has 1 amide bonds. The van der Waals surface area contributed by atoms with Gasteiger partial charge >= 0.3 is 5.97 Å². The minimum atomic E-state index is -0.545. The molecule has 1 aromatic carbocycles. The molecule has 1 aromatic rings. The van der Waals surface area contributed by atoms with E-state index < -0.39 is 11.9 Å². The molecule has 0 N–H and O–H groups in total. The fourth-order valence-corrected chi connectivity index (χ4v) is 2.33. The zero-order valence-electron chi connectivity index (χ0n) is 12.0. The number of hydrogen-bond acceptors (Lipinski definition) is 5. The van der Waals surface area contributed by atoms with Gasteiger partial charge in [-0.15, -0.1) is 0 Å². The van der Waals surface area contributed by atoms with Crippen molar-refractivity contribution in [1.82, 2.24) is 0 Å². The van der Waals surface area contributed by atoms with Crippen molar-refractivity contribution in [2.75, 3.05) is 25.2 Å². The van der Waals surface area contributed by atoms with Gasteiger partial charge in [-0.1, -0.05) is 6.07 Å². The smallest absolute Gasteiger partial charge is 0.312 e. The lowest BCUT2D eigenvalue weighted by atomic mass is 10.1. The summed E-state index contributed by atoms with van der Waals surface area (Å²) >= 11 is 0. The van der Waals surface area contributed by atoms with Crippen molar-refractivity contribution >= 4 is 17.6 Å². The molecule has 1 fully saturated rings. The number of aryl methyl sites for hydroxylation is 1. The van der Waals surface area contributed by atoms with Gasteiger partial charge in [0.05, 0.1) is 18.7 Å². The summed E-state index contributed by atoms with van der Waals surface area (Å²) in [5.41, 5.74) is 1.65. The second-order valence-electron chi connectivity index (χ2n) is 4.85. The van der Waals surface area contributed by atoms with E-state index in [1.165, 1.54) is 12.0 Å². The van der Waals surface area contributed by atoms with Crippen LogP contribution in [0.4, 0.5) is 5.69 Å². The van der Waals surface area contributed by atoms with Crippen LogP contribution in [-0.4, -0.2) is 32.1 Å². The van der Waals surface area contributed by atoms with Crippen LogP contribution in [0.15, 0.2) is 18.2 Å². The summed E-state index contributed by atoms with van der Waals surface area (Å²) in [4.78, 5) is 25.4. The fourth-order valence-electron chi connectivity index (χ4n) is 2.33. The molecular formula is C15H16N2O4. The SMILES string of the molecule is COc1ccc(C)cc1N1C[C@@H](C(=O)OCC#N)CC1=O. The molecule has 0 spiro atoms. The monoisotopic (exact) mass is 288 g/mol. The standard InChI is InChI=1S/C15H16N2O4/c1-10-3-4-13(20-2)12(7-10)17-9-11(8-14(17)18)15(19)21-6-5-16/h3-4,7,11H,6,8-9H2,1-2H3/t11-/m0/s1.